The summed E-state index contributed by atoms with van der Waals surface area (Å²) >= 11 is 9.37. The number of rotatable bonds is 2. The fourth-order valence-corrected chi connectivity index (χ4v) is 5.47. The van der Waals surface area contributed by atoms with Crippen molar-refractivity contribution in [1.82, 2.24) is 9.97 Å². The van der Waals surface area contributed by atoms with E-state index in [0.29, 0.717) is 11.8 Å². The number of aromatic nitrogens is 2. The van der Waals surface area contributed by atoms with E-state index in [-0.39, 0.29) is 10.8 Å². The van der Waals surface area contributed by atoms with Gasteiger partial charge in [0.25, 0.3) is 0 Å². The zero-order chi connectivity index (χ0) is 14.0. The highest BCUT2D eigenvalue weighted by Crippen LogP contribution is 2.58. The van der Waals surface area contributed by atoms with E-state index >= 15 is 0 Å². The van der Waals surface area contributed by atoms with Gasteiger partial charge in [-0.05, 0) is 77.9 Å². The van der Waals surface area contributed by atoms with Gasteiger partial charge >= 0.3 is 0 Å². The third-order valence-electron chi connectivity index (χ3n) is 5.13. The van der Waals surface area contributed by atoms with Crippen molar-refractivity contribution >= 4 is 33.3 Å². The van der Waals surface area contributed by atoms with Crippen LogP contribution < -0.4 is 5.32 Å². The molecule has 1 aromatic rings. The number of hydrogen-bond acceptors (Lipinski definition) is 4. The number of aliphatic hydroxyl groups is 1. The largest absolute Gasteiger partial charge is 0.390 e. The highest BCUT2D eigenvalue weighted by Gasteiger charge is 2.57. The third-order valence-corrected chi connectivity index (χ3v) is 5.89. The van der Waals surface area contributed by atoms with Crippen molar-refractivity contribution in [2.75, 3.05) is 5.32 Å². The zero-order valence-corrected chi connectivity index (χ0v) is 13.4. The summed E-state index contributed by atoms with van der Waals surface area (Å²) in [6, 6.07) is 0. The fourth-order valence-electron chi connectivity index (χ4n) is 5.04. The maximum absolute atomic E-state index is 10.8. The van der Waals surface area contributed by atoms with Crippen LogP contribution in [-0.2, 0) is 0 Å². The van der Waals surface area contributed by atoms with Gasteiger partial charge in [-0.2, -0.15) is 4.98 Å². The van der Waals surface area contributed by atoms with E-state index in [2.05, 4.69) is 31.2 Å². The van der Waals surface area contributed by atoms with Crippen molar-refractivity contribution in [2.24, 2.45) is 11.8 Å². The first-order valence-corrected chi connectivity index (χ1v) is 8.31. The maximum Gasteiger partial charge on any atom is 0.224 e. The molecule has 0 aromatic carbocycles. The molecular formula is C14H17BrClN3O. The quantitative estimate of drug-likeness (QED) is 0.796. The van der Waals surface area contributed by atoms with Crippen molar-refractivity contribution in [3.63, 3.8) is 0 Å². The van der Waals surface area contributed by atoms with Crippen LogP contribution in [0.25, 0.3) is 0 Å². The predicted octanol–water partition coefficient (Wildman–Crippen LogP) is 3.39. The van der Waals surface area contributed by atoms with Crippen LogP contribution in [0, 0.1) is 11.8 Å². The molecular weight excluding hydrogens is 342 g/mol. The topological polar surface area (TPSA) is 58.0 Å². The average Bonchev–Trinajstić information content (AvgIpc) is 2.30. The maximum atomic E-state index is 10.8. The second-order valence-electron chi connectivity index (χ2n) is 6.93. The Bertz CT molecular complexity index is 553. The average molecular weight is 359 g/mol. The summed E-state index contributed by atoms with van der Waals surface area (Å²) in [7, 11) is 0. The van der Waals surface area contributed by atoms with Crippen molar-refractivity contribution in [3.8, 4) is 0 Å². The van der Waals surface area contributed by atoms with Gasteiger partial charge in [0.15, 0.2) is 0 Å². The Morgan fingerprint density at radius 3 is 2.65 bits per heavy atom. The van der Waals surface area contributed by atoms with Crippen molar-refractivity contribution in [1.29, 1.82) is 0 Å². The molecule has 0 saturated heterocycles. The van der Waals surface area contributed by atoms with Gasteiger partial charge in [0, 0.05) is 11.7 Å². The van der Waals surface area contributed by atoms with Gasteiger partial charge in [0.05, 0.1) is 10.1 Å². The lowest BCUT2D eigenvalue weighted by atomic mass is 9.51. The first-order chi connectivity index (χ1) is 9.45. The Labute approximate surface area is 131 Å². The van der Waals surface area contributed by atoms with Gasteiger partial charge in [-0.15, -0.1) is 0 Å². The van der Waals surface area contributed by atoms with Gasteiger partial charge in [-0.3, -0.25) is 0 Å². The molecule has 0 radical (unpaired) electrons. The molecule has 4 aliphatic rings. The third kappa shape index (κ3) is 2.14. The normalized spacial score (nSPS) is 42.0. The summed E-state index contributed by atoms with van der Waals surface area (Å²) in [5, 5.41) is 14.6. The minimum absolute atomic E-state index is 0.0287. The standard InChI is InChI=1S/C14H17BrClN3O/c15-10-6-17-12(16)18-11(10)19-13-2-8-1-9(3-13)5-14(20,4-8)7-13/h6,8-9,20H,1-5,7H2,(H,17,18,19). The SMILES string of the molecule is OC12CC3CC(C1)CC(Nc1nc(Cl)ncc1Br)(C3)C2. The van der Waals surface area contributed by atoms with Crippen molar-refractivity contribution in [3.05, 3.63) is 16.0 Å². The van der Waals surface area contributed by atoms with E-state index in [1.807, 2.05) is 0 Å². The van der Waals surface area contributed by atoms with Crippen LogP contribution in [0.15, 0.2) is 10.7 Å². The summed E-state index contributed by atoms with van der Waals surface area (Å²) < 4.78 is 0.824. The molecule has 6 heteroatoms. The Hall–Kier alpha value is -0.390. The second kappa shape index (κ2) is 4.31. The van der Waals surface area contributed by atoms with Crippen LogP contribution in [-0.4, -0.2) is 26.2 Å². The second-order valence-corrected chi connectivity index (χ2v) is 8.12. The van der Waals surface area contributed by atoms with Crippen LogP contribution in [0.1, 0.15) is 38.5 Å². The predicted molar refractivity (Wildman–Crippen MR) is 80.7 cm³/mol. The Morgan fingerprint density at radius 2 is 2.00 bits per heavy atom. The number of nitrogens with zero attached hydrogens (tertiary/aromatic N) is 2. The molecule has 0 spiro atoms. The van der Waals surface area contributed by atoms with Crippen molar-refractivity contribution in [2.45, 2.75) is 49.7 Å². The molecule has 1 heterocycles. The van der Waals surface area contributed by atoms with E-state index in [0.717, 1.165) is 42.4 Å². The van der Waals surface area contributed by atoms with E-state index in [9.17, 15) is 5.11 Å². The molecule has 1 aromatic heterocycles. The molecule has 2 atom stereocenters. The van der Waals surface area contributed by atoms with Crippen molar-refractivity contribution < 1.29 is 5.11 Å². The Morgan fingerprint density at radius 1 is 1.30 bits per heavy atom. The number of nitrogens with one attached hydrogen (secondary N) is 1. The number of halogens is 2. The van der Waals surface area contributed by atoms with Crippen LogP contribution in [0.3, 0.4) is 0 Å². The van der Waals surface area contributed by atoms with E-state index in [4.69, 9.17) is 11.6 Å². The summed E-state index contributed by atoms with van der Waals surface area (Å²) in [4.78, 5) is 8.25. The van der Waals surface area contributed by atoms with Crippen LogP contribution in [0.5, 0.6) is 0 Å². The molecule has 4 bridgehead atoms. The lowest BCUT2D eigenvalue weighted by Gasteiger charge is -2.60. The van der Waals surface area contributed by atoms with Crippen LogP contribution >= 0.6 is 27.5 Å². The van der Waals surface area contributed by atoms with E-state index < -0.39 is 5.60 Å². The first-order valence-electron chi connectivity index (χ1n) is 7.14. The highest BCUT2D eigenvalue weighted by molar-refractivity contribution is 9.10. The number of hydrogen-bond donors (Lipinski definition) is 2. The van der Waals surface area contributed by atoms with Crippen LogP contribution in [0.2, 0.25) is 5.28 Å². The van der Waals surface area contributed by atoms with Gasteiger partial charge in [0.2, 0.25) is 5.28 Å². The van der Waals surface area contributed by atoms with E-state index in [1.165, 1.54) is 6.42 Å². The lowest BCUT2D eigenvalue weighted by molar-refractivity contribution is -0.127. The Balaban J connectivity index is 1.66. The van der Waals surface area contributed by atoms with Gasteiger partial charge in [-0.25, -0.2) is 4.98 Å². The Kier molecular flexibility index (Phi) is 2.86. The molecule has 108 valence electrons. The summed E-state index contributed by atoms with van der Waals surface area (Å²) in [5.74, 6) is 2.03. The molecule has 0 aliphatic heterocycles. The van der Waals surface area contributed by atoms with E-state index in [1.54, 1.807) is 6.20 Å². The highest BCUT2D eigenvalue weighted by atomic mass is 79.9. The molecule has 4 saturated carbocycles. The van der Waals surface area contributed by atoms with Gasteiger partial charge in [0.1, 0.15) is 5.82 Å². The molecule has 2 N–H and O–H groups in total. The molecule has 4 fully saturated rings. The van der Waals surface area contributed by atoms with Crippen LogP contribution in [0.4, 0.5) is 5.82 Å². The molecule has 0 amide bonds. The molecule has 4 nitrogen and oxygen atoms in total. The summed E-state index contributed by atoms with van der Waals surface area (Å²) in [5.41, 5.74) is -0.501. The molecule has 5 rings (SSSR count). The molecule has 2 unspecified atom stereocenters. The van der Waals surface area contributed by atoms with Gasteiger partial charge < -0.3 is 10.4 Å². The molecule has 20 heavy (non-hydrogen) atoms. The zero-order valence-electron chi connectivity index (χ0n) is 11.1. The first kappa shape index (κ1) is 13.3. The lowest BCUT2D eigenvalue weighted by Crippen LogP contribution is -2.62. The molecule has 4 aliphatic carbocycles. The minimum Gasteiger partial charge on any atom is -0.390 e. The smallest absolute Gasteiger partial charge is 0.224 e. The minimum atomic E-state index is -0.472. The number of anilines is 1. The van der Waals surface area contributed by atoms with Gasteiger partial charge in [-0.1, -0.05) is 0 Å². The fraction of sp³-hybridized carbons (Fsp3) is 0.714. The summed E-state index contributed by atoms with van der Waals surface area (Å²) in [6.07, 6.45) is 7.96. The summed E-state index contributed by atoms with van der Waals surface area (Å²) in [6.45, 7) is 0. The monoisotopic (exact) mass is 357 g/mol.